The van der Waals surface area contributed by atoms with E-state index in [0.29, 0.717) is 24.6 Å². The van der Waals surface area contributed by atoms with Crippen LogP contribution < -0.4 is 14.4 Å². The molecule has 1 N–H and O–H groups in total. The highest BCUT2D eigenvalue weighted by Gasteiger charge is 2.27. The number of aryl methyl sites for hydroxylation is 2. The van der Waals surface area contributed by atoms with Crippen LogP contribution in [0.15, 0.2) is 77.7 Å². The highest BCUT2D eigenvalue weighted by molar-refractivity contribution is 7.98. The summed E-state index contributed by atoms with van der Waals surface area (Å²) >= 11 is 1.82. The molecule has 0 aliphatic heterocycles. The molecule has 0 aromatic heterocycles. The normalized spacial score (nSPS) is 11.2. The standard InChI is InChI=1S/C28H34N2O4S2/c1-4-34-26-14-12-25(13-15-26)30(36(32,33)27-16-10-22(2)11-17-27)20-28(31)29-18-7-19-35-21-24-9-6-5-8-23(24)3/h5-6,8-17H,4,7,18-21H2,1-3H3,(H,29,31). The minimum absolute atomic E-state index is 0.141. The Morgan fingerprint density at radius 1 is 0.972 bits per heavy atom. The van der Waals surface area contributed by atoms with Gasteiger partial charge in [-0.15, -0.1) is 0 Å². The van der Waals surface area contributed by atoms with Crippen molar-refractivity contribution in [1.82, 2.24) is 5.32 Å². The topological polar surface area (TPSA) is 75.7 Å². The molecule has 0 aliphatic rings. The number of benzene rings is 3. The number of carbonyl (C=O) groups excluding carboxylic acids is 1. The number of hydrogen-bond donors (Lipinski definition) is 1. The van der Waals surface area contributed by atoms with Crippen molar-refractivity contribution in [2.45, 2.75) is 37.8 Å². The van der Waals surface area contributed by atoms with Crippen LogP contribution in [0.4, 0.5) is 5.69 Å². The molecular weight excluding hydrogens is 492 g/mol. The Hall–Kier alpha value is -2.97. The van der Waals surface area contributed by atoms with E-state index in [2.05, 4.69) is 24.4 Å². The van der Waals surface area contributed by atoms with Crippen LogP contribution >= 0.6 is 11.8 Å². The van der Waals surface area contributed by atoms with Gasteiger partial charge in [-0.05, 0) is 80.5 Å². The molecule has 6 nitrogen and oxygen atoms in total. The number of hydrogen-bond acceptors (Lipinski definition) is 5. The van der Waals surface area contributed by atoms with Gasteiger partial charge in [-0.25, -0.2) is 8.42 Å². The lowest BCUT2D eigenvalue weighted by atomic mass is 10.1. The van der Waals surface area contributed by atoms with Gasteiger partial charge in [-0.1, -0.05) is 42.0 Å². The average Bonchev–Trinajstić information content (AvgIpc) is 2.86. The van der Waals surface area contributed by atoms with Gasteiger partial charge in [-0.3, -0.25) is 9.10 Å². The molecule has 0 saturated heterocycles. The summed E-state index contributed by atoms with van der Waals surface area (Å²) in [6.07, 6.45) is 0.802. The summed E-state index contributed by atoms with van der Waals surface area (Å²) in [4.78, 5) is 12.9. The lowest BCUT2D eigenvalue weighted by molar-refractivity contribution is -0.119. The van der Waals surface area contributed by atoms with Crippen LogP contribution in [0.5, 0.6) is 5.75 Å². The number of ether oxygens (including phenoxy) is 1. The number of nitrogens with one attached hydrogen (secondary N) is 1. The fraction of sp³-hybridized carbons (Fsp3) is 0.321. The summed E-state index contributed by atoms with van der Waals surface area (Å²) in [6.45, 7) is 6.58. The molecule has 0 heterocycles. The van der Waals surface area contributed by atoms with Crippen molar-refractivity contribution in [1.29, 1.82) is 0 Å². The lowest BCUT2D eigenvalue weighted by Crippen LogP contribution is -2.41. The van der Waals surface area contributed by atoms with E-state index in [9.17, 15) is 13.2 Å². The molecule has 0 spiro atoms. The highest BCUT2D eigenvalue weighted by Crippen LogP contribution is 2.26. The summed E-state index contributed by atoms with van der Waals surface area (Å²) in [6, 6.07) is 21.7. The van der Waals surface area contributed by atoms with Crippen molar-refractivity contribution in [3.8, 4) is 5.75 Å². The molecular formula is C28H34N2O4S2. The van der Waals surface area contributed by atoms with Crippen LogP contribution in [0.2, 0.25) is 0 Å². The van der Waals surface area contributed by atoms with Gasteiger partial charge in [0.05, 0.1) is 17.2 Å². The molecule has 0 atom stereocenters. The number of nitrogens with zero attached hydrogens (tertiary/aromatic N) is 1. The molecule has 1 amide bonds. The third kappa shape index (κ3) is 7.77. The summed E-state index contributed by atoms with van der Waals surface area (Å²) in [5.41, 5.74) is 3.96. The Morgan fingerprint density at radius 3 is 2.33 bits per heavy atom. The maximum absolute atomic E-state index is 13.5. The number of sulfonamides is 1. The quantitative estimate of drug-likeness (QED) is 0.305. The third-order valence-corrected chi connectivity index (χ3v) is 8.52. The number of amides is 1. The zero-order chi connectivity index (χ0) is 26.0. The molecule has 0 aliphatic carbocycles. The van der Waals surface area contributed by atoms with Crippen molar-refractivity contribution in [3.63, 3.8) is 0 Å². The second-order valence-corrected chi connectivity index (χ2v) is 11.4. The fourth-order valence-corrected chi connectivity index (χ4v) is 6.03. The Labute approximate surface area is 219 Å². The first kappa shape index (κ1) is 27.6. The Balaban J connectivity index is 1.61. The van der Waals surface area contributed by atoms with E-state index in [1.165, 1.54) is 11.1 Å². The van der Waals surface area contributed by atoms with Gasteiger partial charge in [0, 0.05) is 12.3 Å². The van der Waals surface area contributed by atoms with Gasteiger partial charge in [0.25, 0.3) is 10.0 Å². The van der Waals surface area contributed by atoms with E-state index < -0.39 is 10.0 Å². The summed E-state index contributed by atoms with van der Waals surface area (Å²) in [5, 5.41) is 2.87. The smallest absolute Gasteiger partial charge is 0.264 e. The summed E-state index contributed by atoms with van der Waals surface area (Å²) in [7, 11) is -3.94. The van der Waals surface area contributed by atoms with Crippen LogP contribution in [0.1, 0.15) is 30.0 Å². The van der Waals surface area contributed by atoms with E-state index in [0.717, 1.165) is 27.8 Å². The van der Waals surface area contributed by atoms with Crippen molar-refractivity contribution in [3.05, 3.63) is 89.5 Å². The summed E-state index contributed by atoms with van der Waals surface area (Å²) < 4.78 is 33.6. The average molecular weight is 527 g/mol. The van der Waals surface area contributed by atoms with Gasteiger partial charge in [-0.2, -0.15) is 11.8 Å². The molecule has 192 valence electrons. The first-order chi connectivity index (χ1) is 17.3. The Kier molecular flexibility index (Phi) is 10.3. The molecule has 3 aromatic rings. The van der Waals surface area contributed by atoms with E-state index in [1.807, 2.05) is 37.7 Å². The maximum Gasteiger partial charge on any atom is 0.264 e. The highest BCUT2D eigenvalue weighted by atomic mass is 32.2. The lowest BCUT2D eigenvalue weighted by Gasteiger charge is -2.24. The van der Waals surface area contributed by atoms with Gasteiger partial charge >= 0.3 is 0 Å². The zero-order valence-electron chi connectivity index (χ0n) is 21.1. The van der Waals surface area contributed by atoms with Crippen molar-refractivity contribution < 1.29 is 17.9 Å². The van der Waals surface area contributed by atoms with Crippen LogP contribution in [-0.2, 0) is 20.6 Å². The van der Waals surface area contributed by atoms with Crippen LogP contribution in [-0.4, -0.2) is 39.8 Å². The van der Waals surface area contributed by atoms with E-state index in [4.69, 9.17) is 4.74 Å². The first-order valence-electron chi connectivity index (χ1n) is 12.0. The zero-order valence-corrected chi connectivity index (χ0v) is 22.7. The minimum atomic E-state index is -3.94. The fourth-order valence-electron chi connectivity index (χ4n) is 3.57. The van der Waals surface area contributed by atoms with Crippen molar-refractivity contribution >= 4 is 33.4 Å². The Bertz CT molecular complexity index is 1230. The van der Waals surface area contributed by atoms with Crippen LogP contribution in [0, 0.1) is 13.8 Å². The Morgan fingerprint density at radius 2 is 1.67 bits per heavy atom. The SMILES string of the molecule is CCOc1ccc(N(CC(=O)NCCCSCc2ccccc2C)S(=O)(=O)c2ccc(C)cc2)cc1. The van der Waals surface area contributed by atoms with Gasteiger partial charge < -0.3 is 10.1 Å². The second kappa shape index (κ2) is 13.4. The van der Waals surface area contributed by atoms with Gasteiger partial charge in [0.2, 0.25) is 5.91 Å². The molecule has 0 radical (unpaired) electrons. The maximum atomic E-state index is 13.5. The predicted octanol–water partition coefficient (Wildman–Crippen LogP) is 5.34. The van der Waals surface area contributed by atoms with Gasteiger partial charge in [0.1, 0.15) is 12.3 Å². The molecule has 0 unspecified atom stereocenters. The predicted molar refractivity (Wildman–Crippen MR) is 148 cm³/mol. The molecule has 0 fully saturated rings. The number of carbonyl (C=O) groups is 1. The monoisotopic (exact) mass is 526 g/mol. The van der Waals surface area contributed by atoms with Crippen molar-refractivity contribution in [2.24, 2.45) is 0 Å². The van der Waals surface area contributed by atoms with Gasteiger partial charge in [0.15, 0.2) is 0 Å². The van der Waals surface area contributed by atoms with E-state index >= 15 is 0 Å². The van der Waals surface area contributed by atoms with Crippen LogP contribution in [0.25, 0.3) is 0 Å². The number of anilines is 1. The first-order valence-corrected chi connectivity index (χ1v) is 14.6. The number of thioether (sulfide) groups is 1. The molecule has 3 rings (SSSR count). The largest absolute Gasteiger partial charge is 0.494 e. The number of rotatable bonds is 13. The minimum Gasteiger partial charge on any atom is -0.494 e. The summed E-state index contributed by atoms with van der Waals surface area (Å²) in [5.74, 6) is 2.13. The van der Waals surface area contributed by atoms with E-state index in [1.54, 1.807) is 48.5 Å². The van der Waals surface area contributed by atoms with E-state index in [-0.39, 0.29) is 17.3 Å². The third-order valence-electron chi connectivity index (χ3n) is 5.64. The molecule has 8 heteroatoms. The van der Waals surface area contributed by atoms with Crippen LogP contribution in [0.3, 0.4) is 0 Å². The molecule has 36 heavy (non-hydrogen) atoms. The second-order valence-electron chi connectivity index (χ2n) is 8.43. The van der Waals surface area contributed by atoms with Crippen molar-refractivity contribution in [2.75, 3.05) is 29.8 Å². The molecule has 3 aromatic carbocycles. The molecule has 0 bridgehead atoms. The molecule has 0 saturated carbocycles.